The lowest BCUT2D eigenvalue weighted by atomic mass is 10.0. The summed E-state index contributed by atoms with van der Waals surface area (Å²) >= 11 is 0. The van der Waals surface area contributed by atoms with E-state index >= 15 is 0 Å². The van der Waals surface area contributed by atoms with Gasteiger partial charge in [0.1, 0.15) is 5.82 Å². The van der Waals surface area contributed by atoms with Crippen LogP contribution in [0.2, 0.25) is 0 Å². The number of aromatic amines is 1. The Balaban J connectivity index is 1.41. The number of piperidine rings is 1. The Morgan fingerprint density at radius 3 is 3.26 bits per heavy atom. The van der Waals surface area contributed by atoms with Crippen LogP contribution in [0.5, 0.6) is 0 Å². The molecule has 2 atom stereocenters. The van der Waals surface area contributed by atoms with E-state index in [0.717, 1.165) is 44.0 Å². The zero-order valence-corrected chi connectivity index (χ0v) is 13.6. The lowest BCUT2D eigenvalue weighted by Gasteiger charge is -2.40. The van der Waals surface area contributed by atoms with Crippen LogP contribution >= 0.6 is 0 Å². The number of nitrogens with one attached hydrogen (secondary N) is 1. The largest absolute Gasteiger partial charge is 0.370 e. The minimum absolute atomic E-state index is 0.266. The maximum absolute atomic E-state index is 5.97. The first-order chi connectivity index (χ1) is 11.3. The predicted molar refractivity (Wildman–Crippen MR) is 84.7 cm³/mol. The monoisotopic (exact) mass is 316 g/mol. The van der Waals surface area contributed by atoms with Crippen molar-refractivity contribution in [2.24, 2.45) is 0 Å². The topological polar surface area (TPSA) is 71.9 Å². The molecule has 2 aliphatic rings. The van der Waals surface area contributed by atoms with Gasteiger partial charge >= 0.3 is 0 Å². The molecular formula is C16H24N6O. The molecule has 7 heteroatoms. The first-order valence-corrected chi connectivity index (χ1v) is 8.59. The van der Waals surface area contributed by atoms with Gasteiger partial charge in [-0.3, -0.25) is 4.90 Å². The Hall–Kier alpha value is -1.73. The fourth-order valence-corrected chi connectivity index (χ4v) is 3.59. The zero-order chi connectivity index (χ0) is 15.6. The number of likely N-dealkylation sites (tertiary alicyclic amines) is 1. The molecule has 2 aromatic heterocycles. The lowest BCUT2D eigenvalue weighted by molar-refractivity contribution is -0.0671. The fraction of sp³-hybridized carbons (Fsp3) is 0.688. The van der Waals surface area contributed by atoms with E-state index in [0.29, 0.717) is 6.61 Å². The van der Waals surface area contributed by atoms with Gasteiger partial charge in [0, 0.05) is 37.9 Å². The van der Waals surface area contributed by atoms with Gasteiger partial charge in [0.2, 0.25) is 0 Å². The van der Waals surface area contributed by atoms with Crippen LogP contribution in [0.25, 0.3) is 0 Å². The third-order valence-corrected chi connectivity index (χ3v) is 4.85. The highest BCUT2D eigenvalue weighted by Gasteiger charge is 2.36. The van der Waals surface area contributed by atoms with Gasteiger partial charge in [-0.15, -0.1) is 5.10 Å². The third-order valence-electron chi connectivity index (χ3n) is 4.85. The van der Waals surface area contributed by atoms with E-state index in [1.54, 1.807) is 0 Å². The molecule has 4 heterocycles. The van der Waals surface area contributed by atoms with Crippen molar-refractivity contribution in [1.29, 1.82) is 0 Å². The Morgan fingerprint density at radius 2 is 2.35 bits per heavy atom. The number of hydrogen-bond acceptors (Lipinski definition) is 5. The summed E-state index contributed by atoms with van der Waals surface area (Å²) in [5, 5.41) is 8.29. The first-order valence-electron chi connectivity index (χ1n) is 8.59. The van der Waals surface area contributed by atoms with Gasteiger partial charge in [0.25, 0.3) is 0 Å². The van der Waals surface area contributed by atoms with Crippen LogP contribution in [0.1, 0.15) is 49.4 Å². The molecule has 0 spiro atoms. The molecular weight excluding hydrogens is 292 g/mol. The van der Waals surface area contributed by atoms with E-state index in [-0.39, 0.29) is 12.1 Å². The second-order valence-corrected chi connectivity index (χ2v) is 6.57. The van der Waals surface area contributed by atoms with Crippen molar-refractivity contribution in [3.63, 3.8) is 0 Å². The van der Waals surface area contributed by atoms with E-state index in [9.17, 15) is 0 Å². The van der Waals surface area contributed by atoms with Crippen LogP contribution in [0.3, 0.4) is 0 Å². The van der Waals surface area contributed by atoms with Gasteiger partial charge in [0.05, 0.1) is 30.6 Å². The molecule has 0 saturated carbocycles. The SMILES string of the molecule is CCCCc1ncc(CN2CCC3OCc4cnnn4C3C2)[nH]1. The molecule has 0 bridgehead atoms. The van der Waals surface area contributed by atoms with Gasteiger partial charge in [-0.1, -0.05) is 18.6 Å². The molecule has 2 aliphatic heterocycles. The summed E-state index contributed by atoms with van der Waals surface area (Å²) < 4.78 is 8.02. The van der Waals surface area contributed by atoms with Crippen molar-refractivity contribution in [3.8, 4) is 0 Å². The van der Waals surface area contributed by atoms with Crippen molar-refractivity contribution in [2.45, 2.75) is 57.9 Å². The number of imidazole rings is 1. The number of unbranched alkanes of at least 4 members (excludes halogenated alkanes) is 1. The molecule has 0 aliphatic carbocycles. The van der Waals surface area contributed by atoms with Crippen LogP contribution < -0.4 is 0 Å². The second-order valence-electron chi connectivity index (χ2n) is 6.57. The Morgan fingerprint density at radius 1 is 1.39 bits per heavy atom. The maximum atomic E-state index is 5.97. The number of aryl methyl sites for hydroxylation is 1. The van der Waals surface area contributed by atoms with E-state index in [1.165, 1.54) is 18.5 Å². The van der Waals surface area contributed by atoms with Gasteiger partial charge in [-0.25, -0.2) is 9.67 Å². The second kappa shape index (κ2) is 6.41. The van der Waals surface area contributed by atoms with Crippen LogP contribution in [0, 0.1) is 0 Å². The minimum Gasteiger partial charge on any atom is -0.370 e. The Labute approximate surface area is 136 Å². The molecule has 7 nitrogen and oxygen atoms in total. The highest BCUT2D eigenvalue weighted by molar-refractivity contribution is 5.04. The minimum atomic E-state index is 0.266. The van der Waals surface area contributed by atoms with Gasteiger partial charge in [-0.2, -0.15) is 0 Å². The highest BCUT2D eigenvalue weighted by atomic mass is 16.5. The number of ether oxygens (including phenoxy) is 1. The highest BCUT2D eigenvalue weighted by Crippen LogP contribution is 2.30. The molecule has 124 valence electrons. The number of H-pyrrole nitrogens is 1. The van der Waals surface area contributed by atoms with Gasteiger partial charge < -0.3 is 9.72 Å². The molecule has 0 radical (unpaired) electrons. The quantitative estimate of drug-likeness (QED) is 0.909. The van der Waals surface area contributed by atoms with Crippen molar-refractivity contribution < 1.29 is 4.74 Å². The van der Waals surface area contributed by atoms with E-state index in [1.807, 2.05) is 12.4 Å². The summed E-state index contributed by atoms with van der Waals surface area (Å²) in [4.78, 5) is 10.4. The summed E-state index contributed by atoms with van der Waals surface area (Å²) in [7, 11) is 0. The molecule has 1 fully saturated rings. The molecule has 4 rings (SSSR count). The van der Waals surface area contributed by atoms with Crippen LogP contribution in [0.15, 0.2) is 12.4 Å². The molecule has 1 saturated heterocycles. The summed E-state index contributed by atoms with van der Waals surface area (Å²) in [6, 6.07) is 0.275. The zero-order valence-electron chi connectivity index (χ0n) is 13.6. The fourth-order valence-electron chi connectivity index (χ4n) is 3.59. The van der Waals surface area contributed by atoms with E-state index in [4.69, 9.17) is 4.74 Å². The standard InChI is InChI=1S/C16H24N6O/c1-2-3-4-16-17-7-12(19-16)9-21-6-5-15-14(10-21)22-13(11-23-15)8-18-20-22/h7-8,14-15H,2-6,9-11H2,1H3,(H,17,19). The van der Waals surface area contributed by atoms with Crippen LogP contribution in [-0.2, 0) is 24.3 Å². The average molecular weight is 316 g/mol. The Bertz CT molecular complexity index is 651. The number of fused-ring (bicyclic) bond motifs is 3. The average Bonchev–Trinajstić information content (AvgIpc) is 3.22. The molecule has 1 N–H and O–H groups in total. The van der Waals surface area contributed by atoms with Gasteiger partial charge in [-0.05, 0) is 12.8 Å². The van der Waals surface area contributed by atoms with E-state index in [2.05, 4.69) is 36.8 Å². The summed E-state index contributed by atoms with van der Waals surface area (Å²) in [5.74, 6) is 1.11. The van der Waals surface area contributed by atoms with E-state index < -0.39 is 0 Å². The lowest BCUT2D eigenvalue weighted by Crippen LogP contribution is -2.47. The number of hydrogen-bond donors (Lipinski definition) is 1. The smallest absolute Gasteiger partial charge is 0.106 e. The summed E-state index contributed by atoms with van der Waals surface area (Å²) in [5.41, 5.74) is 2.28. The molecule has 0 amide bonds. The van der Waals surface area contributed by atoms with Crippen molar-refractivity contribution in [2.75, 3.05) is 13.1 Å². The van der Waals surface area contributed by atoms with Crippen molar-refractivity contribution in [3.05, 3.63) is 29.6 Å². The number of aromatic nitrogens is 5. The molecule has 0 aromatic carbocycles. The van der Waals surface area contributed by atoms with Crippen LogP contribution in [0.4, 0.5) is 0 Å². The molecule has 2 aromatic rings. The Kier molecular flexibility index (Phi) is 4.13. The van der Waals surface area contributed by atoms with Crippen molar-refractivity contribution >= 4 is 0 Å². The third kappa shape index (κ3) is 3.03. The van der Waals surface area contributed by atoms with Crippen molar-refractivity contribution in [1.82, 2.24) is 29.9 Å². The first kappa shape index (κ1) is 14.8. The summed E-state index contributed by atoms with van der Waals surface area (Å²) in [6.45, 7) is 5.75. The number of rotatable bonds is 5. The summed E-state index contributed by atoms with van der Waals surface area (Å²) in [6.07, 6.45) is 8.53. The van der Waals surface area contributed by atoms with Gasteiger partial charge in [0.15, 0.2) is 0 Å². The predicted octanol–water partition coefficient (Wildman–Crippen LogP) is 1.69. The number of nitrogens with zero attached hydrogens (tertiary/aromatic N) is 5. The molecule has 23 heavy (non-hydrogen) atoms. The van der Waals surface area contributed by atoms with Crippen LogP contribution in [-0.4, -0.2) is 49.1 Å². The molecule has 2 unspecified atom stereocenters. The normalized spacial score (nSPS) is 24.4. The maximum Gasteiger partial charge on any atom is 0.106 e.